The van der Waals surface area contributed by atoms with Crippen LogP contribution in [0.3, 0.4) is 0 Å². The van der Waals surface area contributed by atoms with Gasteiger partial charge in [0.25, 0.3) is 5.91 Å². The predicted octanol–water partition coefficient (Wildman–Crippen LogP) is 7.55. The van der Waals surface area contributed by atoms with Crippen LogP contribution in [0.1, 0.15) is 136 Å². The highest BCUT2D eigenvalue weighted by Gasteiger charge is 2.35. The van der Waals surface area contributed by atoms with Crippen molar-refractivity contribution >= 4 is 23.7 Å². The number of rotatable bonds is 11. The van der Waals surface area contributed by atoms with Gasteiger partial charge in [0.15, 0.2) is 5.78 Å². The number of allylic oxidation sites excluding steroid dienone is 1. The summed E-state index contributed by atoms with van der Waals surface area (Å²) in [5.41, 5.74) is 7.52. The van der Waals surface area contributed by atoms with Gasteiger partial charge in [0, 0.05) is 54.8 Å². The Morgan fingerprint density at radius 2 is 1.80 bits per heavy atom. The summed E-state index contributed by atoms with van der Waals surface area (Å²) in [7, 11) is 0. The van der Waals surface area contributed by atoms with E-state index in [1.54, 1.807) is 0 Å². The third kappa shape index (κ3) is 8.03. The minimum Gasteiger partial charge on any atom is -0.481 e. The van der Waals surface area contributed by atoms with Gasteiger partial charge in [-0.25, -0.2) is 0 Å². The second-order valence-corrected chi connectivity index (χ2v) is 17.1. The number of hydrogen-bond donors (Lipinski definition) is 2. The van der Waals surface area contributed by atoms with Crippen molar-refractivity contribution in [2.24, 2.45) is 23.2 Å². The molecule has 0 spiro atoms. The zero-order valence-corrected chi connectivity index (χ0v) is 29.8. The van der Waals surface area contributed by atoms with Gasteiger partial charge in [0.05, 0.1) is 11.6 Å². The van der Waals surface area contributed by atoms with Crippen molar-refractivity contribution in [3.63, 3.8) is 0 Å². The number of carbonyl (C=O) groups is 3. The van der Waals surface area contributed by atoms with Crippen molar-refractivity contribution in [2.75, 3.05) is 13.1 Å². The van der Waals surface area contributed by atoms with Gasteiger partial charge in [0.2, 0.25) is 0 Å². The van der Waals surface area contributed by atoms with Crippen LogP contribution in [0.5, 0.6) is 0 Å². The largest absolute Gasteiger partial charge is 0.481 e. The number of hydrogen-bond acceptors (Lipinski definition) is 5. The van der Waals surface area contributed by atoms with E-state index in [2.05, 4.69) is 49.2 Å². The van der Waals surface area contributed by atoms with Gasteiger partial charge in [0.1, 0.15) is 0 Å². The van der Waals surface area contributed by atoms with Crippen LogP contribution in [0, 0.1) is 23.2 Å². The van der Waals surface area contributed by atoms with E-state index in [0.29, 0.717) is 36.3 Å². The van der Waals surface area contributed by atoms with Crippen molar-refractivity contribution in [3.05, 3.63) is 69.5 Å². The molecule has 7 rings (SSSR count). The predicted molar refractivity (Wildman–Crippen MR) is 192 cm³/mol. The average Bonchev–Trinajstić information content (AvgIpc) is 3.69. The molecular weight excluding hydrogens is 610 g/mol. The molecule has 3 fully saturated rings. The second-order valence-electron chi connectivity index (χ2n) is 17.1. The number of carboxylic acid groups (broad SMARTS) is 1. The number of fused-ring (bicyclic) bond motifs is 2. The highest BCUT2D eigenvalue weighted by Crippen LogP contribution is 2.40. The molecule has 1 aliphatic heterocycles. The lowest BCUT2D eigenvalue weighted by molar-refractivity contribution is -0.143. The Bertz CT molecular complexity index is 1610. The van der Waals surface area contributed by atoms with E-state index in [9.17, 15) is 19.5 Å². The molecule has 1 aromatic carbocycles. The number of Topliss-reactive ketones (excluding diaryl/α,β-unsaturated/α-hetero) is 1. The van der Waals surface area contributed by atoms with Crippen molar-refractivity contribution in [2.45, 2.75) is 129 Å². The van der Waals surface area contributed by atoms with E-state index >= 15 is 0 Å². The first-order valence-electron chi connectivity index (χ1n) is 19.1. The number of aromatic nitrogens is 1. The number of ketones is 1. The van der Waals surface area contributed by atoms with Crippen molar-refractivity contribution < 1.29 is 19.5 Å². The van der Waals surface area contributed by atoms with E-state index in [1.807, 2.05) is 18.2 Å². The zero-order valence-electron chi connectivity index (χ0n) is 29.8. The molecule has 49 heavy (non-hydrogen) atoms. The first-order chi connectivity index (χ1) is 23.5. The standard InChI is InChI=1S/C42H55N3O4/c1-42(2,3)34-13-16-37-32(22-34)20-31-21-33(23-38(31)44-37)39(46)24-29(12-9-26-7-10-27(11-8-26)41(48)49)28-5-4-6-30(19-28)40(47)43-35-17-18-45(25-35)36-14-15-36/h4-6,19-21,26-27,29,34-36H,7-18,22-25H2,1-3H3,(H,43,47)(H,48,49)/t26?,27?,29-,34-,35?/m0/s1. The molecule has 4 aliphatic carbocycles. The molecule has 1 amide bonds. The van der Waals surface area contributed by atoms with Gasteiger partial charge in [-0.05, 0) is 141 Å². The maximum atomic E-state index is 14.1. The minimum atomic E-state index is -0.676. The van der Waals surface area contributed by atoms with Crippen LogP contribution >= 0.6 is 0 Å². The van der Waals surface area contributed by atoms with E-state index in [1.165, 1.54) is 24.1 Å². The smallest absolute Gasteiger partial charge is 0.306 e. The molecular formula is C42H55N3O4. The maximum absolute atomic E-state index is 14.1. The molecule has 3 atom stereocenters. The zero-order chi connectivity index (χ0) is 34.3. The lowest BCUT2D eigenvalue weighted by Gasteiger charge is -2.34. The fraction of sp³-hybridized carbons (Fsp3) is 0.619. The summed E-state index contributed by atoms with van der Waals surface area (Å²) in [5.74, 6) is 0.342. The number of carboxylic acids is 1. The number of aliphatic carboxylic acids is 1. The molecule has 0 bridgehead atoms. The number of benzene rings is 1. The highest BCUT2D eigenvalue weighted by molar-refractivity contribution is 6.02. The quantitative estimate of drug-likeness (QED) is 0.257. The molecule has 2 heterocycles. The molecule has 1 unspecified atom stereocenters. The molecule has 7 heteroatoms. The number of nitrogens with one attached hydrogen (secondary N) is 1. The molecule has 2 aromatic rings. The lowest BCUT2D eigenvalue weighted by atomic mass is 9.71. The van der Waals surface area contributed by atoms with Crippen LogP contribution in [-0.4, -0.2) is 57.8 Å². The van der Waals surface area contributed by atoms with E-state index in [-0.39, 0.29) is 35.0 Å². The highest BCUT2D eigenvalue weighted by atomic mass is 16.4. The van der Waals surface area contributed by atoms with E-state index in [4.69, 9.17) is 4.98 Å². The summed E-state index contributed by atoms with van der Waals surface area (Å²) in [6, 6.07) is 11.2. The average molecular weight is 666 g/mol. The number of pyridine rings is 1. The van der Waals surface area contributed by atoms with Crippen LogP contribution < -0.4 is 5.32 Å². The number of carbonyl (C=O) groups excluding carboxylic acids is 2. The summed E-state index contributed by atoms with van der Waals surface area (Å²) in [6.45, 7) is 8.99. The number of likely N-dealkylation sites (tertiary alicyclic amines) is 1. The lowest BCUT2D eigenvalue weighted by Crippen LogP contribution is -2.37. The summed E-state index contributed by atoms with van der Waals surface area (Å²) in [5, 5.41) is 12.8. The molecule has 2 saturated carbocycles. The van der Waals surface area contributed by atoms with Crippen LogP contribution in [0.4, 0.5) is 0 Å². The Morgan fingerprint density at radius 1 is 1.00 bits per heavy atom. The van der Waals surface area contributed by atoms with E-state index < -0.39 is 5.97 Å². The Morgan fingerprint density at radius 3 is 2.53 bits per heavy atom. The third-order valence-electron chi connectivity index (χ3n) is 12.6. The van der Waals surface area contributed by atoms with Crippen molar-refractivity contribution in [1.29, 1.82) is 0 Å². The summed E-state index contributed by atoms with van der Waals surface area (Å²) >= 11 is 0. The molecule has 1 aromatic heterocycles. The molecule has 1 saturated heterocycles. The Balaban J connectivity index is 1.05. The second kappa shape index (κ2) is 14.1. The minimum absolute atomic E-state index is 0.00685. The van der Waals surface area contributed by atoms with Crippen LogP contribution in [0.2, 0.25) is 0 Å². The summed E-state index contributed by atoms with van der Waals surface area (Å²) in [4.78, 5) is 46.6. The van der Waals surface area contributed by atoms with Crippen LogP contribution in [0.25, 0.3) is 6.08 Å². The summed E-state index contributed by atoms with van der Waals surface area (Å²) in [6.07, 6.45) is 15.0. The van der Waals surface area contributed by atoms with Crippen molar-refractivity contribution in [1.82, 2.24) is 15.2 Å². The number of amides is 1. The Labute approximate surface area is 292 Å². The monoisotopic (exact) mass is 665 g/mol. The molecule has 5 aliphatic rings. The SMILES string of the molecule is CC(C)(C)[C@H]1CCc2nc3c(cc2C1)C=C(C(=O)C[C@H](CCC1CCC(C(=O)O)CC1)c1cccc(C(=O)NC2CCN(C4CC4)C2)c1)C3. The first-order valence-corrected chi connectivity index (χ1v) is 19.1. The maximum Gasteiger partial charge on any atom is 0.306 e. The van der Waals surface area contributed by atoms with Gasteiger partial charge in [-0.1, -0.05) is 32.9 Å². The summed E-state index contributed by atoms with van der Waals surface area (Å²) < 4.78 is 0. The fourth-order valence-corrected chi connectivity index (χ4v) is 9.08. The van der Waals surface area contributed by atoms with Gasteiger partial charge in [-0.15, -0.1) is 0 Å². The van der Waals surface area contributed by atoms with E-state index in [0.717, 1.165) is 99.7 Å². The molecule has 2 N–H and O–H groups in total. The van der Waals surface area contributed by atoms with Gasteiger partial charge < -0.3 is 10.4 Å². The van der Waals surface area contributed by atoms with Gasteiger partial charge >= 0.3 is 5.97 Å². The molecule has 262 valence electrons. The Hall–Kier alpha value is -3.32. The van der Waals surface area contributed by atoms with Crippen molar-refractivity contribution in [3.8, 4) is 0 Å². The topological polar surface area (TPSA) is 99.6 Å². The number of aryl methyl sites for hydroxylation is 1. The third-order valence-corrected chi connectivity index (χ3v) is 12.6. The molecule has 0 radical (unpaired) electrons. The van der Waals surface area contributed by atoms with Gasteiger partial charge in [-0.2, -0.15) is 0 Å². The first kappa shape index (κ1) is 34.1. The normalized spacial score (nSPS) is 26.1. The van der Waals surface area contributed by atoms with Crippen LogP contribution in [-0.2, 0) is 28.9 Å². The van der Waals surface area contributed by atoms with Gasteiger partial charge in [-0.3, -0.25) is 24.3 Å². The fourth-order valence-electron chi connectivity index (χ4n) is 9.08. The van der Waals surface area contributed by atoms with Crippen LogP contribution in [0.15, 0.2) is 35.9 Å². The molecule has 7 nitrogen and oxygen atoms in total. The Kier molecular flexibility index (Phi) is 9.84. The number of nitrogens with zero attached hydrogens (tertiary/aromatic N) is 2.